The van der Waals surface area contributed by atoms with Gasteiger partial charge in [-0.15, -0.1) is 11.3 Å². The van der Waals surface area contributed by atoms with Crippen LogP contribution < -0.4 is 0 Å². The van der Waals surface area contributed by atoms with E-state index in [4.69, 9.17) is 4.74 Å². The van der Waals surface area contributed by atoms with Gasteiger partial charge in [-0.1, -0.05) is 0 Å². The zero-order valence-corrected chi connectivity index (χ0v) is 8.85. The number of hydrogen-bond acceptors (Lipinski definition) is 4. The molecule has 1 aromatic heterocycles. The fourth-order valence-corrected chi connectivity index (χ4v) is 1.95. The van der Waals surface area contributed by atoms with Crippen LogP contribution in [0.15, 0.2) is 5.51 Å². The predicted octanol–water partition coefficient (Wildman–Crippen LogP) is 2.12. The Morgan fingerprint density at radius 1 is 1.77 bits per heavy atom. The summed E-state index contributed by atoms with van der Waals surface area (Å²) in [5.74, 6) is -0.359. The van der Waals surface area contributed by atoms with Crippen molar-refractivity contribution in [3.05, 3.63) is 16.1 Å². The van der Waals surface area contributed by atoms with Gasteiger partial charge in [0.2, 0.25) is 0 Å². The maximum atomic E-state index is 11.4. The normalized spacial score (nSPS) is 12.5. The van der Waals surface area contributed by atoms with Gasteiger partial charge < -0.3 is 4.74 Å². The van der Waals surface area contributed by atoms with Gasteiger partial charge in [-0.2, -0.15) is 0 Å². The number of esters is 1. The monoisotopic (exact) mass is 199 g/mol. The molecule has 0 N–H and O–H groups in total. The summed E-state index contributed by atoms with van der Waals surface area (Å²) in [5, 5.41) is 0. The zero-order chi connectivity index (χ0) is 9.84. The van der Waals surface area contributed by atoms with Crippen molar-refractivity contribution in [2.45, 2.75) is 26.7 Å². The first-order valence-electron chi connectivity index (χ1n) is 4.23. The molecule has 0 bridgehead atoms. The molecular weight excluding hydrogens is 186 g/mol. The third kappa shape index (κ3) is 2.28. The van der Waals surface area contributed by atoms with E-state index in [9.17, 15) is 4.79 Å². The Kier molecular flexibility index (Phi) is 3.42. The highest BCUT2D eigenvalue weighted by Gasteiger charge is 2.19. The average molecular weight is 199 g/mol. The molecule has 0 fully saturated rings. The lowest BCUT2D eigenvalue weighted by atomic mass is 10.1. The fraction of sp³-hybridized carbons (Fsp3) is 0.556. The van der Waals surface area contributed by atoms with E-state index < -0.39 is 0 Å². The van der Waals surface area contributed by atoms with Crippen LogP contribution in [0.1, 0.15) is 30.3 Å². The smallest absolute Gasteiger partial charge is 0.314 e. The molecule has 0 aliphatic rings. The van der Waals surface area contributed by atoms with Crippen molar-refractivity contribution in [2.75, 3.05) is 6.61 Å². The lowest BCUT2D eigenvalue weighted by Crippen LogP contribution is -2.12. The van der Waals surface area contributed by atoms with Gasteiger partial charge in [0, 0.05) is 4.88 Å². The topological polar surface area (TPSA) is 39.2 Å². The highest BCUT2D eigenvalue weighted by Crippen LogP contribution is 2.24. The lowest BCUT2D eigenvalue weighted by molar-refractivity contribution is -0.144. The van der Waals surface area contributed by atoms with E-state index in [0.717, 1.165) is 10.6 Å². The Morgan fingerprint density at radius 3 is 2.92 bits per heavy atom. The molecule has 0 saturated carbocycles. The molecule has 1 rings (SSSR count). The molecule has 0 radical (unpaired) electrons. The van der Waals surface area contributed by atoms with Crippen LogP contribution in [0.4, 0.5) is 0 Å². The molecule has 0 aliphatic heterocycles. The first kappa shape index (κ1) is 10.2. The minimum atomic E-state index is -0.188. The molecule has 4 heteroatoms. The summed E-state index contributed by atoms with van der Waals surface area (Å²) in [6.45, 7) is 5.99. The highest BCUT2D eigenvalue weighted by molar-refractivity contribution is 7.10. The molecule has 0 aromatic carbocycles. The second-order valence-corrected chi connectivity index (χ2v) is 3.66. The van der Waals surface area contributed by atoms with E-state index in [0.29, 0.717) is 6.61 Å². The Labute approximate surface area is 81.8 Å². The molecule has 72 valence electrons. The average Bonchev–Trinajstić information content (AvgIpc) is 2.50. The number of thiazole rings is 1. The largest absolute Gasteiger partial charge is 0.466 e. The van der Waals surface area contributed by atoms with Crippen LogP contribution in [0, 0.1) is 6.92 Å². The standard InChI is InChI=1S/C9H13NO2S/c1-4-12-9(11)6(2)8-7(3)10-5-13-8/h5-6H,4H2,1-3H3. The quantitative estimate of drug-likeness (QED) is 0.700. The van der Waals surface area contributed by atoms with Crippen LogP contribution in [-0.2, 0) is 9.53 Å². The number of carbonyl (C=O) groups excluding carboxylic acids is 1. The van der Waals surface area contributed by atoms with E-state index >= 15 is 0 Å². The second kappa shape index (κ2) is 4.37. The first-order valence-corrected chi connectivity index (χ1v) is 5.11. The summed E-state index contributed by atoms with van der Waals surface area (Å²) in [4.78, 5) is 16.4. The lowest BCUT2D eigenvalue weighted by Gasteiger charge is -2.08. The summed E-state index contributed by atoms with van der Waals surface area (Å²) >= 11 is 1.50. The number of hydrogen-bond donors (Lipinski definition) is 0. The van der Waals surface area contributed by atoms with E-state index in [1.54, 1.807) is 5.51 Å². The highest BCUT2D eigenvalue weighted by atomic mass is 32.1. The van der Waals surface area contributed by atoms with E-state index in [1.165, 1.54) is 11.3 Å². The van der Waals surface area contributed by atoms with Crippen LogP contribution in [0.2, 0.25) is 0 Å². The van der Waals surface area contributed by atoms with Crippen molar-refractivity contribution in [3.63, 3.8) is 0 Å². The van der Waals surface area contributed by atoms with E-state index in [2.05, 4.69) is 4.98 Å². The molecular formula is C9H13NO2S. The zero-order valence-electron chi connectivity index (χ0n) is 8.03. The molecule has 1 heterocycles. The predicted molar refractivity (Wildman–Crippen MR) is 51.9 cm³/mol. The van der Waals surface area contributed by atoms with Crippen molar-refractivity contribution in [3.8, 4) is 0 Å². The first-order chi connectivity index (χ1) is 6.16. The Morgan fingerprint density at radius 2 is 2.46 bits per heavy atom. The number of carbonyl (C=O) groups is 1. The maximum Gasteiger partial charge on any atom is 0.314 e. The molecule has 1 unspecified atom stereocenters. The molecule has 13 heavy (non-hydrogen) atoms. The second-order valence-electron chi connectivity index (χ2n) is 2.78. The number of ether oxygens (including phenoxy) is 1. The van der Waals surface area contributed by atoms with Crippen molar-refractivity contribution < 1.29 is 9.53 Å². The van der Waals surface area contributed by atoms with Gasteiger partial charge >= 0.3 is 5.97 Å². The Balaban J connectivity index is 2.73. The van der Waals surface area contributed by atoms with Gasteiger partial charge in [0.05, 0.1) is 23.7 Å². The molecule has 0 saturated heterocycles. The van der Waals surface area contributed by atoms with Gasteiger partial charge in [-0.3, -0.25) is 4.79 Å². The molecule has 0 aliphatic carbocycles. The molecule has 3 nitrogen and oxygen atoms in total. The third-order valence-corrected chi connectivity index (χ3v) is 2.93. The van der Waals surface area contributed by atoms with Crippen molar-refractivity contribution in [1.82, 2.24) is 4.98 Å². The van der Waals surface area contributed by atoms with E-state index in [-0.39, 0.29) is 11.9 Å². The summed E-state index contributed by atoms with van der Waals surface area (Å²) in [7, 11) is 0. The molecule has 1 aromatic rings. The van der Waals surface area contributed by atoms with Crippen molar-refractivity contribution in [1.29, 1.82) is 0 Å². The van der Waals surface area contributed by atoms with Crippen LogP contribution in [0.3, 0.4) is 0 Å². The van der Waals surface area contributed by atoms with Crippen LogP contribution in [0.5, 0.6) is 0 Å². The van der Waals surface area contributed by atoms with Gasteiger partial charge in [0.1, 0.15) is 0 Å². The summed E-state index contributed by atoms with van der Waals surface area (Å²) in [5.41, 5.74) is 2.67. The Bertz CT molecular complexity index is 296. The molecule has 0 spiro atoms. The van der Waals surface area contributed by atoms with Gasteiger partial charge in [-0.25, -0.2) is 4.98 Å². The van der Waals surface area contributed by atoms with Crippen molar-refractivity contribution in [2.24, 2.45) is 0 Å². The Hall–Kier alpha value is -0.900. The number of rotatable bonds is 3. The third-order valence-electron chi connectivity index (χ3n) is 1.82. The number of aryl methyl sites for hydroxylation is 1. The summed E-state index contributed by atoms with van der Waals surface area (Å²) in [6.07, 6.45) is 0. The van der Waals surface area contributed by atoms with E-state index in [1.807, 2.05) is 20.8 Å². The summed E-state index contributed by atoms with van der Waals surface area (Å²) < 4.78 is 4.92. The number of nitrogens with zero attached hydrogens (tertiary/aromatic N) is 1. The maximum absolute atomic E-state index is 11.4. The van der Waals surface area contributed by atoms with Gasteiger partial charge in [-0.05, 0) is 20.8 Å². The number of aromatic nitrogens is 1. The fourth-order valence-electron chi connectivity index (χ4n) is 1.10. The van der Waals surface area contributed by atoms with Gasteiger partial charge in [0.25, 0.3) is 0 Å². The van der Waals surface area contributed by atoms with Crippen LogP contribution in [0.25, 0.3) is 0 Å². The minimum absolute atomic E-state index is 0.171. The van der Waals surface area contributed by atoms with Crippen molar-refractivity contribution >= 4 is 17.3 Å². The van der Waals surface area contributed by atoms with Gasteiger partial charge in [0.15, 0.2) is 0 Å². The van der Waals surface area contributed by atoms with Crippen LogP contribution >= 0.6 is 11.3 Å². The van der Waals surface area contributed by atoms with Crippen LogP contribution in [-0.4, -0.2) is 17.6 Å². The summed E-state index contributed by atoms with van der Waals surface area (Å²) in [6, 6.07) is 0. The minimum Gasteiger partial charge on any atom is -0.466 e. The molecule has 1 atom stereocenters. The SMILES string of the molecule is CCOC(=O)C(C)c1scnc1C. The molecule has 0 amide bonds.